The van der Waals surface area contributed by atoms with Crippen LogP contribution in [0.15, 0.2) is 42.6 Å². The van der Waals surface area contributed by atoms with E-state index in [0.717, 1.165) is 0 Å². The highest BCUT2D eigenvalue weighted by molar-refractivity contribution is 5.91. The molecule has 1 aromatic carbocycles. The molecule has 144 valence electrons. The van der Waals surface area contributed by atoms with Crippen LogP contribution in [0.5, 0.6) is 11.5 Å². The molecule has 0 atom stereocenters. The zero-order valence-corrected chi connectivity index (χ0v) is 15.3. The van der Waals surface area contributed by atoms with Crippen LogP contribution in [0.1, 0.15) is 38.5 Å². The number of anilines is 1. The van der Waals surface area contributed by atoms with Crippen molar-refractivity contribution in [3.05, 3.63) is 48.4 Å². The van der Waals surface area contributed by atoms with Gasteiger partial charge in [-0.25, -0.2) is 9.37 Å². The molecule has 27 heavy (non-hydrogen) atoms. The highest BCUT2D eigenvalue weighted by atomic mass is 19.1. The van der Waals surface area contributed by atoms with Gasteiger partial charge in [0.15, 0.2) is 23.1 Å². The van der Waals surface area contributed by atoms with Crippen molar-refractivity contribution < 1.29 is 18.7 Å². The molecule has 0 aliphatic heterocycles. The molecule has 1 aromatic heterocycles. The van der Waals surface area contributed by atoms with Crippen molar-refractivity contribution in [1.29, 1.82) is 0 Å². The molecule has 2 aromatic rings. The van der Waals surface area contributed by atoms with Crippen LogP contribution in [0.2, 0.25) is 0 Å². The maximum atomic E-state index is 13.5. The van der Waals surface area contributed by atoms with Gasteiger partial charge >= 0.3 is 0 Å². The van der Waals surface area contributed by atoms with Crippen LogP contribution in [0.4, 0.5) is 10.2 Å². The number of carbonyl (C=O) groups is 1. The van der Waals surface area contributed by atoms with Crippen molar-refractivity contribution in [2.75, 3.05) is 18.5 Å². The smallest absolute Gasteiger partial charge is 0.229 e. The summed E-state index contributed by atoms with van der Waals surface area (Å²) in [6.45, 7) is 0.725. The number of rotatable bonds is 8. The number of nitrogens with one attached hydrogen (secondary N) is 1. The van der Waals surface area contributed by atoms with Gasteiger partial charge in [0, 0.05) is 6.20 Å². The van der Waals surface area contributed by atoms with Gasteiger partial charge in [-0.15, -0.1) is 0 Å². The monoisotopic (exact) mass is 372 g/mol. The fourth-order valence-electron chi connectivity index (χ4n) is 3.17. The Bertz CT molecular complexity index is 748. The van der Waals surface area contributed by atoms with E-state index in [4.69, 9.17) is 9.47 Å². The van der Waals surface area contributed by atoms with E-state index in [1.54, 1.807) is 30.5 Å². The minimum absolute atomic E-state index is 0.0812. The number of aromatic nitrogens is 1. The Kier molecular flexibility index (Phi) is 7.02. The molecule has 0 saturated heterocycles. The summed E-state index contributed by atoms with van der Waals surface area (Å²) < 4.78 is 24.7. The zero-order valence-electron chi connectivity index (χ0n) is 15.3. The average Bonchev–Trinajstić information content (AvgIpc) is 2.69. The van der Waals surface area contributed by atoms with E-state index in [0.29, 0.717) is 24.1 Å². The lowest BCUT2D eigenvalue weighted by atomic mass is 9.90. The lowest BCUT2D eigenvalue weighted by Crippen LogP contribution is -2.19. The largest absolute Gasteiger partial charge is 0.490 e. The van der Waals surface area contributed by atoms with Crippen LogP contribution in [0.3, 0.4) is 0 Å². The third-order valence-electron chi connectivity index (χ3n) is 4.65. The molecular weight excluding hydrogens is 347 g/mol. The average molecular weight is 372 g/mol. The Balaban J connectivity index is 1.47. The molecule has 0 radical (unpaired) electrons. The summed E-state index contributed by atoms with van der Waals surface area (Å²) in [4.78, 5) is 16.4. The van der Waals surface area contributed by atoms with Crippen LogP contribution in [0.25, 0.3) is 0 Å². The van der Waals surface area contributed by atoms with Gasteiger partial charge in [0.2, 0.25) is 5.91 Å². The van der Waals surface area contributed by atoms with Crippen LogP contribution >= 0.6 is 0 Å². The van der Waals surface area contributed by atoms with Crippen LogP contribution < -0.4 is 14.8 Å². The van der Waals surface area contributed by atoms with Gasteiger partial charge in [-0.05, 0) is 43.0 Å². The standard InChI is InChI=1S/C21H25FN2O3/c22-17-9-4-5-10-18(17)26-14-12-20(25)24-21-19(11-6-13-23-21)27-15-16-7-2-1-3-8-16/h4-6,9-11,13,16H,1-3,7-8,12,14-15H2,(H,23,24,25). The third kappa shape index (κ3) is 5.94. The first-order valence-corrected chi connectivity index (χ1v) is 9.47. The Morgan fingerprint density at radius 1 is 1.07 bits per heavy atom. The van der Waals surface area contributed by atoms with Crippen LogP contribution in [-0.4, -0.2) is 24.1 Å². The molecule has 1 aliphatic rings. The number of hydrogen-bond acceptors (Lipinski definition) is 4. The number of halogens is 1. The minimum atomic E-state index is -0.443. The first-order valence-electron chi connectivity index (χ1n) is 9.47. The van der Waals surface area contributed by atoms with E-state index >= 15 is 0 Å². The second-order valence-electron chi connectivity index (χ2n) is 6.74. The maximum Gasteiger partial charge on any atom is 0.229 e. The molecule has 1 saturated carbocycles. The molecule has 1 fully saturated rings. The fraction of sp³-hybridized carbons (Fsp3) is 0.429. The van der Waals surface area contributed by atoms with Crippen molar-refractivity contribution in [2.24, 2.45) is 5.92 Å². The number of pyridine rings is 1. The van der Waals surface area contributed by atoms with Crippen LogP contribution in [0, 0.1) is 11.7 Å². The Morgan fingerprint density at radius 2 is 1.85 bits per heavy atom. The predicted molar refractivity (Wildman–Crippen MR) is 101 cm³/mol. The normalized spacial score (nSPS) is 14.6. The first-order chi connectivity index (χ1) is 13.2. The van der Waals surface area contributed by atoms with Gasteiger partial charge in [-0.2, -0.15) is 0 Å². The molecule has 0 spiro atoms. The number of amides is 1. The molecule has 1 amide bonds. The molecule has 1 N–H and O–H groups in total. The third-order valence-corrected chi connectivity index (χ3v) is 4.65. The number of nitrogens with zero attached hydrogens (tertiary/aromatic N) is 1. The second-order valence-corrected chi connectivity index (χ2v) is 6.74. The SMILES string of the molecule is O=C(CCOc1ccccc1F)Nc1ncccc1OCC1CCCCC1. The maximum absolute atomic E-state index is 13.5. The van der Waals surface area contributed by atoms with E-state index in [1.165, 1.54) is 44.2 Å². The summed E-state index contributed by atoms with van der Waals surface area (Å²) in [5.74, 6) is 0.987. The van der Waals surface area contributed by atoms with E-state index < -0.39 is 5.82 Å². The Labute approximate surface area is 158 Å². The number of hydrogen-bond donors (Lipinski definition) is 1. The van der Waals surface area contributed by atoms with E-state index in [9.17, 15) is 9.18 Å². The quantitative estimate of drug-likeness (QED) is 0.736. The molecule has 5 nitrogen and oxygen atoms in total. The van der Waals surface area contributed by atoms with Crippen molar-refractivity contribution in [2.45, 2.75) is 38.5 Å². The van der Waals surface area contributed by atoms with E-state index in [-0.39, 0.29) is 24.7 Å². The topological polar surface area (TPSA) is 60.5 Å². The second kappa shape index (κ2) is 9.90. The van der Waals surface area contributed by atoms with Gasteiger partial charge in [0.25, 0.3) is 0 Å². The Morgan fingerprint density at radius 3 is 2.67 bits per heavy atom. The summed E-state index contributed by atoms with van der Waals surface area (Å²) in [6.07, 6.45) is 7.90. The molecule has 1 heterocycles. The number of para-hydroxylation sites is 1. The van der Waals surface area contributed by atoms with E-state index in [2.05, 4.69) is 10.3 Å². The van der Waals surface area contributed by atoms with Gasteiger partial charge < -0.3 is 14.8 Å². The van der Waals surface area contributed by atoms with Gasteiger partial charge in [-0.3, -0.25) is 4.79 Å². The number of ether oxygens (including phenoxy) is 2. The van der Waals surface area contributed by atoms with Crippen molar-refractivity contribution >= 4 is 11.7 Å². The zero-order chi connectivity index (χ0) is 18.9. The van der Waals surface area contributed by atoms with Crippen molar-refractivity contribution in [3.8, 4) is 11.5 Å². The lowest BCUT2D eigenvalue weighted by Gasteiger charge is -2.22. The molecule has 0 unspecified atom stereocenters. The minimum Gasteiger partial charge on any atom is -0.490 e. The van der Waals surface area contributed by atoms with Crippen molar-refractivity contribution in [1.82, 2.24) is 4.98 Å². The molecule has 6 heteroatoms. The summed E-state index contributed by atoms with van der Waals surface area (Å²) in [7, 11) is 0. The highest BCUT2D eigenvalue weighted by Crippen LogP contribution is 2.27. The van der Waals surface area contributed by atoms with Gasteiger partial charge in [0.1, 0.15) is 0 Å². The lowest BCUT2D eigenvalue weighted by molar-refractivity contribution is -0.116. The first kappa shape index (κ1) is 19.1. The summed E-state index contributed by atoms with van der Waals surface area (Å²) >= 11 is 0. The molecular formula is C21H25FN2O3. The van der Waals surface area contributed by atoms with Crippen molar-refractivity contribution in [3.63, 3.8) is 0 Å². The highest BCUT2D eigenvalue weighted by Gasteiger charge is 2.16. The predicted octanol–water partition coefficient (Wildman–Crippen LogP) is 4.59. The molecule has 1 aliphatic carbocycles. The summed E-state index contributed by atoms with van der Waals surface area (Å²) in [5, 5.41) is 2.75. The fourth-order valence-corrected chi connectivity index (χ4v) is 3.17. The molecule has 0 bridgehead atoms. The Hall–Kier alpha value is -2.63. The van der Waals surface area contributed by atoms with Gasteiger partial charge in [0.05, 0.1) is 19.6 Å². The van der Waals surface area contributed by atoms with Gasteiger partial charge in [-0.1, -0.05) is 31.4 Å². The number of benzene rings is 1. The summed E-state index contributed by atoms with van der Waals surface area (Å²) in [6, 6.07) is 9.71. The van der Waals surface area contributed by atoms with E-state index in [1.807, 2.05) is 0 Å². The molecule has 3 rings (SSSR count). The number of carbonyl (C=O) groups excluding carboxylic acids is 1. The van der Waals surface area contributed by atoms with Crippen LogP contribution in [-0.2, 0) is 4.79 Å². The summed E-state index contributed by atoms with van der Waals surface area (Å²) in [5.41, 5.74) is 0.